The van der Waals surface area contributed by atoms with Crippen LogP contribution in [0.3, 0.4) is 0 Å². The number of ketones is 1. The first-order valence-corrected chi connectivity index (χ1v) is 7.93. The molecule has 3 nitrogen and oxygen atoms in total. The number of carbonyl (C=O) groups excluding carboxylic acids is 1. The molecular weight excluding hydrogens is 340 g/mol. The van der Waals surface area contributed by atoms with Crippen molar-refractivity contribution >= 4 is 38.3 Å². The molecule has 2 aromatic carbocycles. The molecule has 0 amide bonds. The average Bonchev–Trinajstić information content (AvgIpc) is 2.84. The van der Waals surface area contributed by atoms with Crippen LogP contribution < -0.4 is 5.32 Å². The number of nitrogens with one attached hydrogen (secondary N) is 1. The number of rotatable bonds is 4. The molecule has 0 spiro atoms. The van der Waals surface area contributed by atoms with Crippen molar-refractivity contribution in [2.24, 2.45) is 7.05 Å². The molecule has 0 unspecified atom stereocenters. The van der Waals surface area contributed by atoms with Crippen molar-refractivity contribution < 1.29 is 4.79 Å². The van der Waals surface area contributed by atoms with Gasteiger partial charge >= 0.3 is 0 Å². The predicted molar refractivity (Wildman–Crippen MR) is 94.6 cm³/mol. The van der Waals surface area contributed by atoms with Crippen LogP contribution >= 0.6 is 15.9 Å². The third-order valence-electron chi connectivity index (χ3n) is 3.83. The maximum absolute atomic E-state index is 12.5. The topological polar surface area (TPSA) is 34.0 Å². The number of Topliss-reactive ketones (excluding diaryl/α,β-unsaturated/α-hetero) is 1. The number of carbonyl (C=O) groups is 1. The number of hydrogen-bond donors (Lipinski definition) is 1. The number of anilines is 1. The molecule has 0 radical (unpaired) electrons. The van der Waals surface area contributed by atoms with E-state index in [0.717, 1.165) is 32.2 Å². The van der Waals surface area contributed by atoms with E-state index in [0.29, 0.717) is 0 Å². The first-order chi connectivity index (χ1) is 10.6. The minimum absolute atomic E-state index is 0.0964. The fraction of sp³-hybridized carbons (Fsp3) is 0.167. The van der Waals surface area contributed by atoms with Crippen LogP contribution in [0.15, 0.2) is 53.1 Å². The number of nitrogens with zero attached hydrogens (tertiary/aromatic N) is 1. The van der Waals surface area contributed by atoms with Crippen molar-refractivity contribution in [3.05, 3.63) is 64.3 Å². The van der Waals surface area contributed by atoms with E-state index >= 15 is 0 Å². The SMILES string of the molecule is Cc1cc(Br)ccc1NCC(=O)c1cn(C)c2ccccc12. The van der Waals surface area contributed by atoms with Crippen molar-refractivity contribution in [2.45, 2.75) is 6.92 Å². The van der Waals surface area contributed by atoms with Gasteiger partial charge in [0.2, 0.25) is 0 Å². The summed E-state index contributed by atoms with van der Waals surface area (Å²) in [6.07, 6.45) is 1.91. The molecule has 0 saturated heterocycles. The van der Waals surface area contributed by atoms with Gasteiger partial charge in [-0.3, -0.25) is 4.79 Å². The molecule has 0 aliphatic rings. The third kappa shape index (κ3) is 2.79. The van der Waals surface area contributed by atoms with E-state index < -0.39 is 0 Å². The number of hydrogen-bond acceptors (Lipinski definition) is 2. The lowest BCUT2D eigenvalue weighted by atomic mass is 10.1. The molecule has 0 aliphatic heterocycles. The van der Waals surface area contributed by atoms with E-state index in [2.05, 4.69) is 21.2 Å². The van der Waals surface area contributed by atoms with Crippen molar-refractivity contribution in [3.63, 3.8) is 0 Å². The summed E-state index contributed by atoms with van der Waals surface area (Å²) >= 11 is 3.45. The largest absolute Gasteiger partial charge is 0.377 e. The van der Waals surface area contributed by atoms with E-state index in [1.54, 1.807) is 0 Å². The molecule has 3 rings (SSSR count). The van der Waals surface area contributed by atoms with E-state index in [1.165, 1.54) is 0 Å². The van der Waals surface area contributed by atoms with Gasteiger partial charge in [0.15, 0.2) is 5.78 Å². The van der Waals surface area contributed by atoms with Gasteiger partial charge in [-0.1, -0.05) is 34.1 Å². The van der Waals surface area contributed by atoms with Crippen LogP contribution in [0.5, 0.6) is 0 Å². The molecule has 1 heterocycles. The Balaban J connectivity index is 1.82. The Morgan fingerprint density at radius 2 is 2.00 bits per heavy atom. The number of para-hydroxylation sites is 1. The first kappa shape index (κ1) is 14.9. The molecule has 0 atom stereocenters. The van der Waals surface area contributed by atoms with Gasteiger partial charge in [-0.05, 0) is 36.8 Å². The van der Waals surface area contributed by atoms with Crippen LogP contribution in [0.2, 0.25) is 0 Å². The first-order valence-electron chi connectivity index (χ1n) is 7.13. The van der Waals surface area contributed by atoms with Gasteiger partial charge in [-0.2, -0.15) is 0 Å². The average molecular weight is 357 g/mol. The summed E-state index contributed by atoms with van der Waals surface area (Å²) in [6.45, 7) is 2.31. The number of fused-ring (bicyclic) bond motifs is 1. The second-order valence-corrected chi connectivity index (χ2v) is 6.32. The summed E-state index contributed by atoms with van der Waals surface area (Å²) < 4.78 is 3.03. The normalized spacial score (nSPS) is 10.9. The Labute approximate surface area is 138 Å². The number of halogens is 1. The summed E-state index contributed by atoms with van der Waals surface area (Å²) in [4.78, 5) is 12.5. The van der Waals surface area contributed by atoms with Gasteiger partial charge in [0, 0.05) is 39.9 Å². The van der Waals surface area contributed by atoms with E-state index in [1.807, 2.05) is 67.2 Å². The standard InChI is InChI=1S/C18H17BrN2O/c1-12-9-13(19)7-8-16(12)20-10-18(22)15-11-21(2)17-6-4-3-5-14(15)17/h3-9,11,20H,10H2,1-2H3. The van der Waals surface area contributed by atoms with Crippen LogP contribution in [0, 0.1) is 6.92 Å². The highest BCUT2D eigenvalue weighted by atomic mass is 79.9. The Morgan fingerprint density at radius 3 is 2.77 bits per heavy atom. The summed E-state index contributed by atoms with van der Waals surface area (Å²) in [5.74, 6) is 0.0964. The van der Waals surface area contributed by atoms with Crippen LogP contribution in [0.25, 0.3) is 10.9 Å². The molecule has 3 aromatic rings. The maximum atomic E-state index is 12.5. The van der Waals surface area contributed by atoms with Crippen molar-refractivity contribution in [2.75, 3.05) is 11.9 Å². The number of aromatic nitrogens is 1. The van der Waals surface area contributed by atoms with E-state index in [9.17, 15) is 4.79 Å². The van der Waals surface area contributed by atoms with Crippen LogP contribution in [0.1, 0.15) is 15.9 Å². The number of benzene rings is 2. The van der Waals surface area contributed by atoms with Gasteiger partial charge in [-0.25, -0.2) is 0 Å². The molecule has 0 aliphatic carbocycles. The quantitative estimate of drug-likeness (QED) is 0.696. The van der Waals surface area contributed by atoms with E-state index in [-0.39, 0.29) is 12.3 Å². The fourth-order valence-electron chi connectivity index (χ4n) is 2.66. The Kier molecular flexibility index (Phi) is 4.03. The number of aryl methyl sites for hydroxylation is 2. The third-order valence-corrected chi connectivity index (χ3v) is 4.32. The Hall–Kier alpha value is -2.07. The predicted octanol–water partition coefficient (Wildman–Crippen LogP) is 4.54. The lowest BCUT2D eigenvalue weighted by Gasteiger charge is -2.09. The summed E-state index contributed by atoms with van der Waals surface area (Å²) in [5.41, 5.74) is 3.93. The van der Waals surface area contributed by atoms with Gasteiger partial charge < -0.3 is 9.88 Å². The van der Waals surface area contributed by atoms with Crippen molar-refractivity contribution in [1.29, 1.82) is 0 Å². The Bertz CT molecular complexity index is 851. The smallest absolute Gasteiger partial charge is 0.184 e. The summed E-state index contributed by atoms with van der Waals surface area (Å²) in [5, 5.41) is 4.24. The fourth-order valence-corrected chi connectivity index (χ4v) is 3.14. The second kappa shape index (κ2) is 5.97. The van der Waals surface area contributed by atoms with Crippen LogP contribution in [-0.2, 0) is 7.05 Å². The minimum Gasteiger partial charge on any atom is -0.377 e. The van der Waals surface area contributed by atoms with E-state index in [4.69, 9.17) is 0 Å². The van der Waals surface area contributed by atoms with Crippen LogP contribution in [-0.4, -0.2) is 16.9 Å². The Morgan fingerprint density at radius 1 is 1.23 bits per heavy atom. The monoisotopic (exact) mass is 356 g/mol. The summed E-state index contributed by atoms with van der Waals surface area (Å²) in [7, 11) is 1.96. The minimum atomic E-state index is 0.0964. The zero-order valence-electron chi connectivity index (χ0n) is 12.6. The molecule has 1 N–H and O–H groups in total. The molecular formula is C18H17BrN2O. The van der Waals surface area contributed by atoms with Crippen LogP contribution in [0.4, 0.5) is 5.69 Å². The molecule has 112 valence electrons. The molecule has 1 aromatic heterocycles. The highest BCUT2D eigenvalue weighted by molar-refractivity contribution is 9.10. The molecule has 22 heavy (non-hydrogen) atoms. The van der Waals surface area contributed by atoms with Crippen molar-refractivity contribution in [3.8, 4) is 0 Å². The zero-order chi connectivity index (χ0) is 15.7. The molecule has 0 saturated carbocycles. The van der Waals surface area contributed by atoms with Gasteiger partial charge in [0.05, 0.1) is 6.54 Å². The lowest BCUT2D eigenvalue weighted by Crippen LogP contribution is -2.14. The van der Waals surface area contributed by atoms with Gasteiger partial charge in [0.25, 0.3) is 0 Å². The zero-order valence-corrected chi connectivity index (χ0v) is 14.1. The highest BCUT2D eigenvalue weighted by Crippen LogP contribution is 2.22. The highest BCUT2D eigenvalue weighted by Gasteiger charge is 2.13. The van der Waals surface area contributed by atoms with Gasteiger partial charge in [0.1, 0.15) is 0 Å². The molecule has 4 heteroatoms. The second-order valence-electron chi connectivity index (χ2n) is 5.41. The van der Waals surface area contributed by atoms with Gasteiger partial charge in [-0.15, -0.1) is 0 Å². The maximum Gasteiger partial charge on any atom is 0.184 e. The summed E-state index contributed by atoms with van der Waals surface area (Å²) in [6, 6.07) is 14.0. The molecule has 0 fully saturated rings. The molecule has 0 bridgehead atoms. The lowest BCUT2D eigenvalue weighted by molar-refractivity contribution is 0.101. The van der Waals surface area contributed by atoms with Crippen molar-refractivity contribution in [1.82, 2.24) is 4.57 Å².